The molecule has 0 aliphatic heterocycles. The van der Waals surface area contributed by atoms with Gasteiger partial charge in [-0.2, -0.15) is 4.52 Å². The molecule has 0 aliphatic rings. The van der Waals surface area contributed by atoms with Crippen molar-refractivity contribution < 1.29 is 0 Å². The van der Waals surface area contributed by atoms with Crippen LogP contribution < -0.4 is 16.3 Å². The maximum absolute atomic E-state index is 12.5. The predicted molar refractivity (Wildman–Crippen MR) is 89.8 cm³/mol. The van der Waals surface area contributed by atoms with E-state index in [2.05, 4.69) is 10.1 Å². The average Bonchev–Trinajstić information content (AvgIpc) is 2.87. The van der Waals surface area contributed by atoms with Gasteiger partial charge in [-0.05, 0) is 35.9 Å². The summed E-state index contributed by atoms with van der Waals surface area (Å²) >= 11 is 5.87. The molecule has 5 nitrogen and oxygen atoms in total. The van der Waals surface area contributed by atoms with E-state index < -0.39 is 0 Å². The van der Waals surface area contributed by atoms with Crippen LogP contribution in [0.3, 0.4) is 0 Å². The number of halogens is 1. The van der Waals surface area contributed by atoms with E-state index in [1.807, 2.05) is 0 Å². The zero-order valence-corrected chi connectivity index (χ0v) is 12.5. The fraction of sp³-hybridized carbons (Fsp3) is 0. The second-order valence-corrected chi connectivity index (χ2v) is 5.58. The Hall–Kier alpha value is -2.92. The lowest BCUT2D eigenvalue weighted by molar-refractivity contribution is 0.897. The van der Waals surface area contributed by atoms with Gasteiger partial charge in [-0.25, -0.2) is 4.98 Å². The summed E-state index contributed by atoms with van der Waals surface area (Å²) in [5.41, 5.74) is 1.02. The van der Waals surface area contributed by atoms with Crippen LogP contribution in [0.4, 0.5) is 0 Å². The number of rotatable bonds is 1. The first kappa shape index (κ1) is 13.7. The smallest absolute Gasteiger partial charge is 0.267 e. The Bertz CT molecular complexity index is 1210. The highest BCUT2D eigenvalue weighted by molar-refractivity contribution is 6.30. The summed E-state index contributed by atoms with van der Waals surface area (Å²) in [7, 11) is 0. The van der Waals surface area contributed by atoms with Gasteiger partial charge in [0.2, 0.25) is 0 Å². The molecule has 0 fully saturated rings. The third-order valence-electron chi connectivity index (χ3n) is 3.66. The van der Waals surface area contributed by atoms with Gasteiger partial charge in [0.1, 0.15) is 0 Å². The second kappa shape index (κ2) is 5.07. The molecule has 0 atom stereocenters. The maximum atomic E-state index is 12.5. The van der Waals surface area contributed by atoms with E-state index in [1.54, 1.807) is 54.6 Å². The highest BCUT2D eigenvalue weighted by atomic mass is 35.5. The minimum Gasteiger partial charge on any atom is -0.267 e. The van der Waals surface area contributed by atoms with E-state index in [1.165, 1.54) is 4.52 Å². The number of nitrogens with one attached hydrogen (secondary N) is 1. The molecule has 0 spiro atoms. The molecular weight excluding hydrogens is 314 g/mol. The number of aromatic amines is 1. The van der Waals surface area contributed by atoms with Crippen molar-refractivity contribution in [2.45, 2.75) is 0 Å². The minimum atomic E-state index is -0.361. The van der Waals surface area contributed by atoms with Crippen LogP contribution in [-0.2, 0) is 0 Å². The average molecular weight is 324 g/mol. The van der Waals surface area contributed by atoms with Crippen molar-refractivity contribution in [3.8, 4) is 0 Å². The summed E-state index contributed by atoms with van der Waals surface area (Å²) in [5.74, 6) is 0. The van der Waals surface area contributed by atoms with Gasteiger partial charge in [-0.15, -0.1) is 0 Å². The number of aromatic nitrogens is 3. The molecule has 0 saturated heterocycles. The normalized spacial score (nSPS) is 12.3. The van der Waals surface area contributed by atoms with Crippen LogP contribution in [-0.4, -0.2) is 14.6 Å². The zero-order valence-electron chi connectivity index (χ0n) is 11.8. The van der Waals surface area contributed by atoms with Crippen molar-refractivity contribution in [2.24, 2.45) is 0 Å². The molecule has 4 aromatic rings. The standard InChI is InChI=1S/C17H10ClN3O2/c18-11-7-5-10(6-8-11)9-13-15-19-14-4-2-1-3-12(14)17(23)21(15)20-16(13)22/h1-9H,(H,20,22)/b13-9-. The summed E-state index contributed by atoms with van der Waals surface area (Å²) in [6, 6.07) is 14.1. The topological polar surface area (TPSA) is 67.2 Å². The Labute approximate surface area is 134 Å². The molecule has 0 saturated carbocycles. The van der Waals surface area contributed by atoms with Crippen molar-refractivity contribution in [2.75, 3.05) is 0 Å². The monoisotopic (exact) mass is 323 g/mol. The number of H-pyrrole nitrogens is 1. The summed E-state index contributed by atoms with van der Waals surface area (Å²) in [5, 5.41) is 3.97. The number of nitrogens with zero attached hydrogens (tertiary/aromatic N) is 2. The first-order valence-corrected chi connectivity index (χ1v) is 7.32. The Kier molecular flexibility index (Phi) is 3.02. The summed E-state index contributed by atoms with van der Waals surface area (Å²) in [6.45, 7) is 0. The Morgan fingerprint density at radius 1 is 1.04 bits per heavy atom. The quantitative estimate of drug-likeness (QED) is 0.580. The molecule has 4 rings (SSSR count). The van der Waals surface area contributed by atoms with Gasteiger partial charge in [0, 0.05) is 5.02 Å². The molecule has 6 heteroatoms. The van der Waals surface area contributed by atoms with Crippen molar-refractivity contribution in [1.82, 2.24) is 14.6 Å². The van der Waals surface area contributed by atoms with Crippen LogP contribution in [0.25, 0.3) is 22.6 Å². The maximum Gasteiger partial charge on any atom is 0.280 e. The Balaban J connectivity index is 2.12. The van der Waals surface area contributed by atoms with Crippen molar-refractivity contribution in [3.63, 3.8) is 0 Å². The van der Waals surface area contributed by atoms with Crippen LogP contribution in [0.2, 0.25) is 5.02 Å². The molecule has 2 heterocycles. The molecule has 2 aromatic carbocycles. The number of benzene rings is 2. The number of fused-ring (bicyclic) bond motifs is 2. The first-order chi connectivity index (χ1) is 11.1. The van der Waals surface area contributed by atoms with Crippen LogP contribution in [0.5, 0.6) is 0 Å². The van der Waals surface area contributed by atoms with Gasteiger partial charge >= 0.3 is 0 Å². The molecule has 112 valence electrons. The molecule has 23 heavy (non-hydrogen) atoms. The molecule has 0 amide bonds. The predicted octanol–water partition coefficient (Wildman–Crippen LogP) is 1.74. The first-order valence-electron chi connectivity index (χ1n) is 6.94. The largest absolute Gasteiger partial charge is 0.280 e. The lowest BCUT2D eigenvalue weighted by atomic mass is 10.2. The second-order valence-electron chi connectivity index (χ2n) is 5.14. The van der Waals surface area contributed by atoms with Gasteiger partial charge < -0.3 is 0 Å². The minimum absolute atomic E-state index is 0.293. The van der Waals surface area contributed by atoms with Crippen LogP contribution in [0, 0.1) is 0 Å². The lowest BCUT2D eigenvalue weighted by Crippen LogP contribution is -2.21. The van der Waals surface area contributed by atoms with E-state index >= 15 is 0 Å². The highest BCUT2D eigenvalue weighted by Crippen LogP contribution is 2.10. The van der Waals surface area contributed by atoms with Crippen LogP contribution >= 0.6 is 11.6 Å². The van der Waals surface area contributed by atoms with E-state index in [0.29, 0.717) is 26.8 Å². The molecular formula is C17H10ClN3O2. The van der Waals surface area contributed by atoms with E-state index in [-0.39, 0.29) is 11.1 Å². The summed E-state index contributed by atoms with van der Waals surface area (Å²) < 4.78 is 1.19. The fourth-order valence-electron chi connectivity index (χ4n) is 2.54. The number of para-hydroxylation sites is 1. The third-order valence-corrected chi connectivity index (χ3v) is 3.91. The molecule has 0 bridgehead atoms. The summed E-state index contributed by atoms with van der Waals surface area (Å²) in [6.07, 6.45) is 1.69. The lowest BCUT2D eigenvalue weighted by Gasteiger charge is -1.97. The molecule has 1 N–H and O–H groups in total. The SMILES string of the molecule is O=c1[nH]n2c(=O)c3ccccc3nc2/c1=C/c1ccc(Cl)cc1. The Morgan fingerprint density at radius 2 is 1.78 bits per heavy atom. The fourth-order valence-corrected chi connectivity index (χ4v) is 2.66. The van der Waals surface area contributed by atoms with Crippen LogP contribution in [0.1, 0.15) is 5.56 Å². The molecule has 2 aromatic heterocycles. The van der Waals surface area contributed by atoms with Crippen molar-refractivity contribution in [3.05, 3.63) is 85.0 Å². The van der Waals surface area contributed by atoms with Crippen molar-refractivity contribution in [1.29, 1.82) is 0 Å². The Morgan fingerprint density at radius 3 is 2.57 bits per heavy atom. The van der Waals surface area contributed by atoms with Gasteiger partial charge in [-0.1, -0.05) is 35.9 Å². The third kappa shape index (κ3) is 2.22. The zero-order chi connectivity index (χ0) is 16.0. The van der Waals surface area contributed by atoms with Gasteiger partial charge in [0.25, 0.3) is 11.1 Å². The number of hydrogen-bond donors (Lipinski definition) is 1. The molecule has 0 radical (unpaired) electrons. The van der Waals surface area contributed by atoms with Gasteiger partial charge in [0.15, 0.2) is 5.65 Å². The molecule has 0 unspecified atom stereocenters. The van der Waals surface area contributed by atoms with E-state index in [4.69, 9.17) is 11.6 Å². The molecule has 0 aliphatic carbocycles. The van der Waals surface area contributed by atoms with Gasteiger partial charge in [-0.3, -0.25) is 14.7 Å². The van der Waals surface area contributed by atoms with Crippen LogP contribution in [0.15, 0.2) is 58.1 Å². The highest BCUT2D eigenvalue weighted by Gasteiger charge is 2.10. The van der Waals surface area contributed by atoms with Gasteiger partial charge in [0.05, 0.1) is 16.1 Å². The van der Waals surface area contributed by atoms with E-state index in [0.717, 1.165) is 5.56 Å². The summed E-state index contributed by atoms with van der Waals surface area (Å²) in [4.78, 5) is 29.1. The van der Waals surface area contributed by atoms with E-state index in [9.17, 15) is 9.59 Å². The van der Waals surface area contributed by atoms with Crippen molar-refractivity contribution >= 4 is 34.2 Å². The number of hydrogen-bond acceptors (Lipinski definition) is 3.